The molecule has 0 aliphatic heterocycles. The fraction of sp³-hybridized carbons (Fsp3) is 0. The second-order valence-corrected chi connectivity index (χ2v) is 14.1. The van der Waals surface area contributed by atoms with E-state index in [-0.39, 0.29) is 0 Å². The van der Waals surface area contributed by atoms with Gasteiger partial charge in [-0.1, -0.05) is 121 Å². The van der Waals surface area contributed by atoms with Crippen molar-refractivity contribution in [3.63, 3.8) is 0 Å². The van der Waals surface area contributed by atoms with Crippen molar-refractivity contribution < 1.29 is 4.42 Å². The molecule has 0 bridgehead atoms. The van der Waals surface area contributed by atoms with Crippen LogP contribution in [-0.2, 0) is 0 Å². The molecular formula is C50H30N2O. The summed E-state index contributed by atoms with van der Waals surface area (Å²) in [6.45, 7) is 0. The number of benzene rings is 9. The second-order valence-electron chi connectivity index (χ2n) is 14.1. The monoisotopic (exact) mass is 674 g/mol. The topological polar surface area (TPSA) is 23.0 Å². The Hall–Kier alpha value is -7.10. The summed E-state index contributed by atoms with van der Waals surface area (Å²) in [5, 5.41) is 9.97. The van der Waals surface area contributed by atoms with Crippen LogP contribution in [0.4, 0.5) is 0 Å². The van der Waals surface area contributed by atoms with Crippen LogP contribution in [0.2, 0.25) is 0 Å². The Balaban J connectivity index is 1.02. The average Bonchev–Trinajstić information content (AvgIpc) is 3.89. The highest BCUT2D eigenvalue weighted by Crippen LogP contribution is 2.44. The molecular weight excluding hydrogens is 645 g/mol. The first-order valence-electron chi connectivity index (χ1n) is 18.2. The molecule has 0 spiro atoms. The van der Waals surface area contributed by atoms with Crippen LogP contribution in [0, 0.1) is 0 Å². The summed E-state index contributed by atoms with van der Waals surface area (Å²) in [5.74, 6) is 0. The van der Waals surface area contributed by atoms with E-state index in [1.54, 1.807) is 0 Å². The molecule has 12 aromatic rings. The standard InChI is InChI=1S/C50H30N2O/c1-2-11-34(12-3-1)52-45-18-8-10-32-22-26-40-36(27-29-46(52)49(40)48(32)45)33-23-28-44-42(30-33)38-13-4-6-17-43(38)51(44)35-24-20-31(21-25-35)37-15-9-16-41-39-14-5-7-19-47(39)53-50(37)41/h1-30H. The van der Waals surface area contributed by atoms with Gasteiger partial charge in [-0.25, -0.2) is 0 Å². The van der Waals surface area contributed by atoms with Gasteiger partial charge in [-0.3, -0.25) is 0 Å². The highest BCUT2D eigenvalue weighted by atomic mass is 16.3. The molecule has 0 amide bonds. The summed E-state index contributed by atoms with van der Waals surface area (Å²) >= 11 is 0. The molecule has 0 fully saturated rings. The third kappa shape index (κ3) is 3.99. The summed E-state index contributed by atoms with van der Waals surface area (Å²) < 4.78 is 11.2. The van der Waals surface area contributed by atoms with Crippen LogP contribution in [0.3, 0.4) is 0 Å². The van der Waals surface area contributed by atoms with Gasteiger partial charge in [0.25, 0.3) is 0 Å². The van der Waals surface area contributed by atoms with Crippen molar-refractivity contribution in [2.24, 2.45) is 0 Å². The largest absolute Gasteiger partial charge is 0.455 e. The molecule has 0 saturated carbocycles. The first-order chi connectivity index (χ1) is 26.3. The van der Waals surface area contributed by atoms with E-state index < -0.39 is 0 Å². The molecule has 9 aromatic carbocycles. The molecule has 0 aliphatic carbocycles. The highest BCUT2D eigenvalue weighted by Gasteiger charge is 2.20. The SMILES string of the molecule is c1ccc(-n2c3cccc4ccc5c(-c6ccc7c(c6)c6ccccc6n7-c6ccc(-c7cccc8c7oc7ccccc78)cc6)ccc2c5c43)cc1. The molecule has 0 N–H and O–H groups in total. The van der Waals surface area contributed by atoms with E-state index >= 15 is 0 Å². The van der Waals surface area contributed by atoms with Gasteiger partial charge >= 0.3 is 0 Å². The van der Waals surface area contributed by atoms with Crippen LogP contribution in [0.25, 0.3) is 110 Å². The van der Waals surface area contributed by atoms with E-state index in [1.807, 2.05) is 12.1 Å². The minimum atomic E-state index is 0.917. The van der Waals surface area contributed by atoms with E-state index in [4.69, 9.17) is 4.42 Å². The number of nitrogens with zero attached hydrogens (tertiary/aromatic N) is 2. The van der Waals surface area contributed by atoms with Crippen molar-refractivity contribution in [2.75, 3.05) is 0 Å². The third-order valence-corrected chi connectivity index (χ3v) is 11.3. The quantitative estimate of drug-likeness (QED) is 0.170. The maximum absolute atomic E-state index is 6.38. The average molecular weight is 675 g/mol. The van der Waals surface area contributed by atoms with E-state index in [1.165, 1.54) is 71.2 Å². The zero-order valence-corrected chi connectivity index (χ0v) is 28.6. The van der Waals surface area contributed by atoms with Crippen molar-refractivity contribution in [1.29, 1.82) is 0 Å². The van der Waals surface area contributed by atoms with E-state index in [2.05, 4.69) is 179 Å². The Kier molecular flexibility index (Phi) is 5.77. The van der Waals surface area contributed by atoms with Gasteiger partial charge < -0.3 is 13.6 Å². The maximum atomic E-state index is 6.38. The van der Waals surface area contributed by atoms with Gasteiger partial charge in [0, 0.05) is 49.3 Å². The lowest BCUT2D eigenvalue weighted by Gasteiger charge is -2.12. The lowest BCUT2D eigenvalue weighted by atomic mass is 9.94. The van der Waals surface area contributed by atoms with Crippen LogP contribution in [0.1, 0.15) is 0 Å². The molecule has 3 heterocycles. The molecule has 3 heteroatoms. The van der Waals surface area contributed by atoms with E-state index in [9.17, 15) is 0 Å². The molecule has 3 aromatic heterocycles. The Morgan fingerprint density at radius 3 is 1.91 bits per heavy atom. The van der Waals surface area contributed by atoms with Crippen molar-refractivity contribution in [3.05, 3.63) is 182 Å². The van der Waals surface area contributed by atoms with E-state index in [0.29, 0.717) is 0 Å². The first kappa shape index (κ1) is 28.6. The van der Waals surface area contributed by atoms with Gasteiger partial charge in [-0.2, -0.15) is 0 Å². The molecule has 246 valence electrons. The van der Waals surface area contributed by atoms with Gasteiger partial charge in [0.2, 0.25) is 0 Å². The number of para-hydroxylation sites is 4. The Labute approximate surface area is 304 Å². The summed E-state index contributed by atoms with van der Waals surface area (Å²) in [4.78, 5) is 0. The van der Waals surface area contributed by atoms with Crippen molar-refractivity contribution in [1.82, 2.24) is 9.13 Å². The van der Waals surface area contributed by atoms with Gasteiger partial charge in [-0.05, 0) is 88.1 Å². The summed E-state index contributed by atoms with van der Waals surface area (Å²) in [7, 11) is 0. The van der Waals surface area contributed by atoms with Gasteiger partial charge in [0.1, 0.15) is 11.2 Å². The minimum Gasteiger partial charge on any atom is -0.455 e. The third-order valence-electron chi connectivity index (χ3n) is 11.3. The Bertz CT molecular complexity index is 3380. The number of fused-ring (bicyclic) bond motifs is 6. The van der Waals surface area contributed by atoms with Crippen LogP contribution < -0.4 is 0 Å². The zero-order chi connectivity index (χ0) is 34.6. The summed E-state index contributed by atoms with van der Waals surface area (Å²) in [6.07, 6.45) is 0. The smallest absolute Gasteiger partial charge is 0.143 e. The van der Waals surface area contributed by atoms with Crippen LogP contribution in [0.5, 0.6) is 0 Å². The molecule has 12 rings (SSSR count). The van der Waals surface area contributed by atoms with Crippen LogP contribution in [-0.4, -0.2) is 9.13 Å². The lowest BCUT2D eigenvalue weighted by Crippen LogP contribution is -1.94. The minimum absolute atomic E-state index is 0.917. The molecule has 0 unspecified atom stereocenters. The number of rotatable bonds is 4. The predicted octanol–water partition coefficient (Wildman–Crippen LogP) is 13.7. The number of aromatic nitrogens is 2. The molecule has 0 saturated heterocycles. The van der Waals surface area contributed by atoms with Crippen molar-refractivity contribution in [3.8, 4) is 33.6 Å². The second kappa shape index (κ2) is 10.7. The lowest BCUT2D eigenvalue weighted by molar-refractivity contribution is 0.670. The zero-order valence-electron chi connectivity index (χ0n) is 28.6. The molecule has 53 heavy (non-hydrogen) atoms. The van der Waals surface area contributed by atoms with E-state index in [0.717, 1.165) is 38.8 Å². The van der Waals surface area contributed by atoms with Crippen molar-refractivity contribution in [2.45, 2.75) is 0 Å². The fourth-order valence-electron chi connectivity index (χ4n) is 8.98. The Morgan fingerprint density at radius 2 is 1.00 bits per heavy atom. The first-order valence-corrected chi connectivity index (χ1v) is 18.2. The maximum Gasteiger partial charge on any atom is 0.143 e. The summed E-state index contributed by atoms with van der Waals surface area (Å²) in [5.41, 5.74) is 13.7. The normalized spacial score (nSPS) is 12.2. The molecule has 3 nitrogen and oxygen atoms in total. The predicted molar refractivity (Wildman–Crippen MR) is 222 cm³/mol. The van der Waals surface area contributed by atoms with Gasteiger partial charge in [0.15, 0.2) is 0 Å². The molecule has 0 aliphatic rings. The van der Waals surface area contributed by atoms with Gasteiger partial charge in [-0.15, -0.1) is 0 Å². The van der Waals surface area contributed by atoms with Crippen molar-refractivity contribution >= 4 is 76.3 Å². The fourth-order valence-corrected chi connectivity index (χ4v) is 8.98. The molecule has 0 radical (unpaired) electrons. The number of furan rings is 1. The van der Waals surface area contributed by atoms with Crippen LogP contribution in [0.15, 0.2) is 186 Å². The van der Waals surface area contributed by atoms with Gasteiger partial charge in [0.05, 0.1) is 22.1 Å². The van der Waals surface area contributed by atoms with Crippen LogP contribution >= 0.6 is 0 Å². The Morgan fingerprint density at radius 1 is 0.340 bits per heavy atom. The molecule has 0 atom stereocenters. The number of hydrogen-bond acceptors (Lipinski definition) is 1. The number of hydrogen-bond donors (Lipinski definition) is 0. The highest BCUT2D eigenvalue weighted by molar-refractivity contribution is 6.27. The summed E-state index contributed by atoms with van der Waals surface area (Å²) in [6, 6.07) is 66.0.